The molecule has 0 radical (unpaired) electrons. The van der Waals surface area contributed by atoms with Gasteiger partial charge in [-0.2, -0.15) is 0 Å². The molecule has 28 heavy (non-hydrogen) atoms. The molecule has 0 aromatic heterocycles. The highest BCUT2D eigenvalue weighted by atomic mass is 16.5. The third kappa shape index (κ3) is 5.21. The van der Waals surface area contributed by atoms with E-state index < -0.39 is 5.60 Å². The van der Waals surface area contributed by atoms with E-state index in [0.717, 1.165) is 22.3 Å². The van der Waals surface area contributed by atoms with Crippen LogP contribution in [0.2, 0.25) is 0 Å². The van der Waals surface area contributed by atoms with Crippen molar-refractivity contribution in [1.82, 2.24) is 5.32 Å². The number of rotatable bonds is 7. The summed E-state index contributed by atoms with van der Waals surface area (Å²) in [6.45, 7) is 3.67. The van der Waals surface area contributed by atoms with Gasteiger partial charge >= 0.3 is 0 Å². The third-order valence-corrected chi connectivity index (χ3v) is 4.60. The van der Waals surface area contributed by atoms with Crippen molar-refractivity contribution in [3.63, 3.8) is 0 Å². The van der Waals surface area contributed by atoms with Crippen molar-refractivity contribution in [3.05, 3.63) is 90.0 Å². The van der Waals surface area contributed by atoms with Gasteiger partial charge in [-0.25, -0.2) is 0 Å². The molecule has 0 fully saturated rings. The zero-order chi connectivity index (χ0) is 20.0. The van der Waals surface area contributed by atoms with Crippen LogP contribution in [0.4, 0.5) is 0 Å². The monoisotopic (exact) mass is 375 g/mol. The first-order valence-corrected chi connectivity index (χ1v) is 9.28. The van der Waals surface area contributed by atoms with Crippen molar-refractivity contribution in [1.29, 1.82) is 0 Å². The quantitative estimate of drug-likeness (QED) is 0.655. The van der Waals surface area contributed by atoms with Gasteiger partial charge in [-0.05, 0) is 48.2 Å². The van der Waals surface area contributed by atoms with Crippen LogP contribution >= 0.6 is 0 Å². The zero-order valence-electron chi connectivity index (χ0n) is 16.2. The van der Waals surface area contributed by atoms with Crippen molar-refractivity contribution in [2.75, 3.05) is 13.2 Å². The average molecular weight is 375 g/mol. The molecule has 1 unspecified atom stereocenters. The van der Waals surface area contributed by atoms with Crippen LogP contribution in [0.15, 0.2) is 78.9 Å². The Kier molecular flexibility index (Phi) is 6.12. The third-order valence-electron chi connectivity index (χ3n) is 4.60. The summed E-state index contributed by atoms with van der Waals surface area (Å²) >= 11 is 0. The van der Waals surface area contributed by atoms with Crippen LogP contribution in [0, 0.1) is 6.92 Å². The second-order valence-electron chi connectivity index (χ2n) is 7.10. The molecule has 1 amide bonds. The van der Waals surface area contributed by atoms with E-state index in [9.17, 15) is 9.90 Å². The number of carbonyl (C=O) groups is 1. The summed E-state index contributed by atoms with van der Waals surface area (Å²) in [6.07, 6.45) is 0. The van der Waals surface area contributed by atoms with Crippen molar-refractivity contribution < 1.29 is 14.6 Å². The van der Waals surface area contributed by atoms with Gasteiger partial charge in [0.05, 0.1) is 6.54 Å². The molecular weight excluding hydrogens is 350 g/mol. The minimum Gasteiger partial charge on any atom is -0.484 e. The molecule has 0 saturated heterocycles. The molecule has 0 spiro atoms. The van der Waals surface area contributed by atoms with E-state index in [0.29, 0.717) is 5.75 Å². The van der Waals surface area contributed by atoms with Crippen molar-refractivity contribution in [2.45, 2.75) is 19.4 Å². The molecule has 2 N–H and O–H groups in total. The summed E-state index contributed by atoms with van der Waals surface area (Å²) in [7, 11) is 0. The van der Waals surface area contributed by atoms with Crippen molar-refractivity contribution >= 4 is 5.91 Å². The van der Waals surface area contributed by atoms with Gasteiger partial charge in [-0.3, -0.25) is 4.79 Å². The van der Waals surface area contributed by atoms with Crippen LogP contribution in [0.3, 0.4) is 0 Å². The maximum atomic E-state index is 12.1. The van der Waals surface area contributed by atoms with Gasteiger partial charge in [0.2, 0.25) is 0 Å². The van der Waals surface area contributed by atoms with Crippen LogP contribution in [0.1, 0.15) is 18.1 Å². The molecule has 144 valence electrons. The summed E-state index contributed by atoms with van der Waals surface area (Å²) in [6, 6.07) is 25.3. The van der Waals surface area contributed by atoms with E-state index in [1.54, 1.807) is 6.92 Å². The maximum Gasteiger partial charge on any atom is 0.258 e. The normalized spacial score (nSPS) is 12.8. The summed E-state index contributed by atoms with van der Waals surface area (Å²) in [5, 5.41) is 13.5. The second kappa shape index (κ2) is 8.72. The highest BCUT2D eigenvalue weighted by Crippen LogP contribution is 2.24. The molecule has 0 saturated carbocycles. The van der Waals surface area contributed by atoms with Gasteiger partial charge in [0.1, 0.15) is 11.4 Å². The van der Waals surface area contributed by atoms with Crippen LogP contribution in [0.5, 0.6) is 5.75 Å². The molecule has 4 nitrogen and oxygen atoms in total. The summed E-state index contributed by atoms with van der Waals surface area (Å²) in [5.41, 5.74) is 2.84. The minimum atomic E-state index is -1.17. The first kappa shape index (κ1) is 19.6. The number of carbonyl (C=O) groups excluding carboxylic acids is 1. The number of hydrogen-bond donors (Lipinski definition) is 2. The smallest absolute Gasteiger partial charge is 0.258 e. The number of hydrogen-bond acceptors (Lipinski definition) is 3. The molecule has 0 aliphatic heterocycles. The molecular formula is C24H25NO3. The first-order valence-electron chi connectivity index (χ1n) is 9.28. The lowest BCUT2D eigenvalue weighted by molar-refractivity contribution is -0.124. The highest BCUT2D eigenvalue weighted by Gasteiger charge is 2.24. The minimum absolute atomic E-state index is 0.0908. The molecule has 1 atom stereocenters. The molecule has 3 rings (SSSR count). The fourth-order valence-electron chi connectivity index (χ4n) is 2.93. The topological polar surface area (TPSA) is 58.6 Å². The number of amides is 1. The zero-order valence-corrected chi connectivity index (χ0v) is 16.2. The first-order chi connectivity index (χ1) is 13.4. The fraction of sp³-hybridized carbons (Fsp3) is 0.208. The largest absolute Gasteiger partial charge is 0.484 e. The van der Waals surface area contributed by atoms with E-state index in [-0.39, 0.29) is 19.1 Å². The fourth-order valence-corrected chi connectivity index (χ4v) is 2.93. The number of nitrogens with one attached hydrogen (secondary N) is 1. The summed E-state index contributed by atoms with van der Waals surface area (Å²) < 4.78 is 5.49. The number of aryl methyl sites for hydroxylation is 1. The highest BCUT2D eigenvalue weighted by molar-refractivity contribution is 5.77. The molecule has 0 bridgehead atoms. The average Bonchev–Trinajstić information content (AvgIpc) is 2.72. The predicted molar refractivity (Wildman–Crippen MR) is 111 cm³/mol. The molecule has 0 aliphatic rings. The maximum absolute atomic E-state index is 12.1. The lowest BCUT2D eigenvalue weighted by atomic mass is 9.93. The van der Waals surface area contributed by atoms with Crippen LogP contribution in [0.25, 0.3) is 11.1 Å². The van der Waals surface area contributed by atoms with Gasteiger partial charge in [0.15, 0.2) is 6.61 Å². The summed E-state index contributed by atoms with van der Waals surface area (Å²) in [4.78, 5) is 12.1. The number of benzene rings is 3. The van der Waals surface area contributed by atoms with Crippen molar-refractivity contribution in [3.8, 4) is 16.9 Å². The summed E-state index contributed by atoms with van der Waals surface area (Å²) in [5.74, 6) is 0.376. The number of aliphatic hydroxyl groups is 1. The molecule has 0 heterocycles. The Morgan fingerprint density at radius 1 is 0.964 bits per heavy atom. The Morgan fingerprint density at radius 3 is 2.32 bits per heavy atom. The molecule has 3 aromatic rings. The van der Waals surface area contributed by atoms with E-state index in [2.05, 4.69) is 5.32 Å². The van der Waals surface area contributed by atoms with Crippen LogP contribution < -0.4 is 10.1 Å². The van der Waals surface area contributed by atoms with Crippen LogP contribution in [-0.2, 0) is 10.4 Å². The molecule has 0 aliphatic carbocycles. The molecule has 3 aromatic carbocycles. The predicted octanol–water partition coefficient (Wildman–Crippen LogP) is 4.06. The Bertz CT molecular complexity index is 918. The van der Waals surface area contributed by atoms with Gasteiger partial charge in [0, 0.05) is 0 Å². The second-order valence-corrected chi connectivity index (χ2v) is 7.10. The molecule has 4 heteroatoms. The lowest BCUT2D eigenvalue weighted by Gasteiger charge is -2.24. The SMILES string of the molecule is Cc1cccc(OCC(=O)NCC(C)(O)c2ccc(-c3ccccc3)cc2)c1. The number of ether oxygens (including phenoxy) is 1. The Balaban J connectivity index is 1.55. The van der Waals surface area contributed by atoms with Gasteiger partial charge in [-0.1, -0.05) is 66.7 Å². The Hall–Kier alpha value is -3.11. The van der Waals surface area contributed by atoms with Gasteiger partial charge in [0.25, 0.3) is 5.91 Å². The van der Waals surface area contributed by atoms with E-state index >= 15 is 0 Å². The van der Waals surface area contributed by atoms with E-state index in [1.807, 2.05) is 85.8 Å². The van der Waals surface area contributed by atoms with E-state index in [4.69, 9.17) is 4.74 Å². The lowest BCUT2D eigenvalue weighted by Crippen LogP contribution is -2.40. The Morgan fingerprint density at radius 2 is 1.64 bits per heavy atom. The van der Waals surface area contributed by atoms with Gasteiger partial charge in [-0.15, -0.1) is 0 Å². The van der Waals surface area contributed by atoms with E-state index in [1.165, 1.54) is 0 Å². The van der Waals surface area contributed by atoms with Crippen LogP contribution in [-0.4, -0.2) is 24.2 Å². The van der Waals surface area contributed by atoms with Gasteiger partial charge < -0.3 is 15.2 Å². The standard InChI is InChI=1S/C24H25NO3/c1-18-7-6-10-22(15-18)28-16-23(26)25-17-24(2,27)21-13-11-20(12-14-21)19-8-4-3-5-9-19/h3-15,27H,16-17H2,1-2H3,(H,25,26). The Labute approximate surface area is 165 Å². The van der Waals surface area contributed by atoms with Crippen molar-refractivity contribution in [2.24, 2.45) is 0 Å².